The standard InChI is InChI=1S/C18H14ClF3N2O2/c19-14-7-6-13(18(20,21)22)9-11(14)5-8-17(26)24-15-4-2-1-3-12(15)10-16(23)25/h1-9H,10H2,(H2,23,25)(H,24,26)/b8-5+. The number of halogens is 4. The van der Waals surface area contributed by atoms with Gasteiger partial charge in [0.15, 0.2) is 0 Å². The monoisotopic (exact) mass is 382 g/mol. The van der Waals surface area contributed by atoms with E-state index in [4.69, 9.17) is 17.3 Å². The van der Waals surface area contributed by atoms with Crippen LogP contribution in [0, 0.1) is 0 Å². The fourth-order valence-corrected chi connectivity index (χ4v) is 2.35. The van der Waals surface area contributed by atoms with Gasteiger partial charge in [-0.3, -0.25) is 9.59 Å². The van der Waals surface area contributed by atoms with Crippen LogP contribution >= 0.6 is 11.6 Å². The number of alkyl halides is 3. The average molecular weight is 383 g/mol. The lowest BCUT2D eigenvalue weighted by atomic mass is 10.1. The number of carbonyl (C=O) groups is 2. The van der Waals surface area contributed by atoms with E-state index < -0.39 is 23.6 Å². The molecule has 8 heteroatoms. The molecule has 0 aromatic heterocycles. The van der Waals surface area contributed by atoms with Gasteiger partial charge in [0.05, 0.1) is 12.0 Å². The van der Waals surface area contributed by atoms with E-state index in [0.29, 0.717) is 11.3 Å². The Morgan fingerprint density at radius 1 is 1.15 bits per heavy atom. The topological polar surface area (TPSA) is 72.2 Å². The van der Waals surface area contributed by atoms with Crippen LogP contribution in [0.1, 0.15) is 16.7 Å². The van der Waals surface area contributed by atoms with Crippen LogP contribution in [0.5, 0.6) is 0 Å². The van der Waals surface area contributed by atoms with E-state index in [9.17, 15) is 22.8 Å². The number of nitrogens with one attached hydrogen (secondary N) is 1. The molecule has 0 saturated heterocycles. The third-order valence-electron chi connectivity index (χ3n) is 3.38. The number of amides is 2. The van der Waals surface area contributed by atoms with Crippen molar-refractivity contribution >= 4 is 35.2 Å². The molecule has 0 saturated carbocycles. The summed E-state index contributed by atoms with van der Waals surface area (Å²) in [6.45, 7) is 0. The van der Waals surface area contributed by atoms with Crippen LogP contribution in [-0.2, 0) is 22.2 Å². The summed E-state index contributed by atoms with van der Waals surface area (Å²) in [5.74, 6) is -1.15. The molecule has 2 aromatic rings. The highest BCUT2D eigenvalue weighted by Crippen LogP contribution is 2.32. The van der Waals surface area contributed by atoms with Crippen LogP contribution < -0.4 is 11.1 Å². The summed E-state index contributed by atoms with van der Waals surface area (Å²) < 4.78 is 38.3. The number of benzene rings is 2. The molecule has 0 fully saturated rings. The maximum Gasteiger partial charge on any atom is 0.416 e. The number of nitrogens with two attached hydrogens (primary N) is 1. The minimum absolute atomic E-state index is 0.0559. The predicted molar refractivity (Wildman–Crippen MR) is 93.5 cm³/mol. The Morgan fingerprint density at radius 2 is 1.85 bits per heavy atom. The zero-order chi connectivity index (χ0) is 19.3. The van der Waals surface area contributed by atoms with E-state index in [0.717, 1.165) is 24.3 Å². The summed E-state index contributed by atoms with van der Waals surface area (Å²) in [6.07, 6.45) is -2.32. The van der Waals surface area contributed by atoms with Crippen LogP contribution in [0.4, 0.5) is 18.9 Å². The van der Waals surface area contributed by atoms with Gasteiger partial charge in [-0.2, -0.15) is 13.2 Å². The van der Waals surface area contributed by atoms with E-state index >= 15 is 0 Å². The minimum atomic E-state index is -4.51. The molecular formula is C18H14ClF3N2O2. The van der Waals surface area contributed by atoms with Gasteiger partial charge in [0.2, 0.25) is 11.8 Å². The first-order valence-electron chi connectivity index (χ1n) is 7.39. The normalized spacial score (nSPS) is 11.5. The Hall–Kier alpha value is -2.80. The number of anilines is 1. The molecule has 26 heavy (non-hydrogen) atoms. The molecule has 2 aromatic carbocycles. The largest absolute Gasteiger partial charge is 0.416 e. The summed E-state index contributed by atoms with van der Waals surface area (Å²) in [6, 6.07) is 9.39. The average Bonchev–Trinajstić information content (AvgIpc) is 2.54. The number of primary amides is 1. The van der Waals surface area contributed by atoms with Crippen molar-refractivity contribution in [1.29, 1.82) is 0 Å². The minimum Gasteiger partial charge on any atom is -0.369 e. The Balaban J connectivity index is 2.17. The first-order chi connectivity index (χ1) is 12.2. The van der Waals surface area contributed by atoms with Crippen LogP contribution in [-0.4, -0.2) is 11.8 Å². The van der Waals surface area contributed by atoms with Gasteiger partial charge >= 0.3 is 6.18 Å². The second-order valence-corrected chi connectivity index (χ2v) is 5.76. The second kappa shape index (κ2) is 8.05. The van der Waals surface area contributed by atoms with Crippen molar-refractivity contribution in [2.75, 3.05) is 5.32 Å². The molecule has 4 nitrogen and oxygen atoms in total. The van der Waals surface area contributed by atoms with E-state index in [1.54, 1.807) is 24.3 Å². The zero-order valence-electron chi connectivity index (χ0n) is 13.3. The molecule has 0 heterocycles. The van der Waals surface area contributed by atoms with Gasteiger partial charge in [-0.25, -0.2) is 0 Å². The SMILES string of the molecule is NC(=O)Cc1ccccc1NC(=O)/C=C/c1cc(C(F)(F)F)ccc1Cl. The fraction of sp³-hybridized carbons (Fsp3) is 0.111. The maximum absolute atomic E-state index is 12.8. The molecule has 0 aliphatic rings. The van der Waals surface area contributed by atoms with Crippen molar-refractivity contribution in [3.63, 3.8) is 0 Å². The van der Waals surface area contributed by atoms with Gasteiger partial charge in [-0.05, 0) is 41.5 Å². The molecule has 0 unspecified atom stereocenters. The van der Waals surface area contributed by atoms with Crippen molar-refractivity contribution in [2.24, 2.45) is 5.73 Å². The number of carbonyl (C=O) groups excluding carboxylic acids is 2. The summed E-state index contributed by atoms with van der Waals surface area (Å²) in [4.78, 5) is 23.1. The molecule has 0 aliphatic heterocycles. The Bertz CT molecular complexity index is 864. The molecule has 0 atom stereocenters. The van der Waals surface area contributed by atoms with Gasteiger partial charge in [0.25, 0.3) is 0 Å². The highest BCUT2D eigenvalue weighted by Gasteiger charge is 2.30. The van der Waals surface area contributed by atoms with Gasteiger partial charge in [0.1, 0.15) is 0 Å². The van der Waals surface area contributed by atoms with Gasteiger partial charge in [-0.15, -0.1) is 0 Å². The first kappa shape index (κ1) is 19.5. The first-order valence-corrected chi connectivity index (χ1v) is 7.76. The van der Waals surface area contributed by atoms with Crippen molar-refractivity contribution < 1.29 is 22.8 Å². The van der Waals surface area contributed by atoms with E-state index in [-0.39, 0.29) is 17.0 Å². The van der Waals surface area contributed by atoms with Crippen LogP contribution in [0.25, 0.3) is 6.08 Å². The maximum atomic E-state index is 12.8. The molecule has 0 bridgehead atoms. The number of para-hydroxylation sites is 1. The molecule has 3 N–H and O–H groups in total. The second-order valence-electron chi connectivity index (χ2n) is 5.36. The van der Waals surface area contributed by atoms with Gasteiger partial charge < -0.3 is 11.1 Å². The summed E-state index contributed by atoms with van der Waals surface area (Å²) in [5.41, 5.74) is 5.26. The molecule has 2 amide bonds. The Kier molecular flexibility index (Phi) is 6.05. The van der Waals surface area contributed by atoms with E-state index in [1.807, 2.05) is 0 Å². The molecule has 136 valence electrons. The van der Waals surface area contributed by atoms with Crippen LogP contribution in [0.2, 0.25) is 5.02 Å². The zero-order valence-corrected chi connectivity index (χ0v) is 14.1. The summed E-state index contributed by atoms with van der Waals surface area (Å²) in [7, 11) is 0. The lowest BCUT2D eigenvalue weighted by molar-refractivity contribution is -0.137. The Labute approximate surface area is 152 Å². The van der Waals surface area contributed by atoms with Crippen molar-refractivity contribution in [2.45, 2.75) is 12.6 Å². The third-order valence-corrected chi connectivity index (χ3v) is 3.72. The number of rotatable bonds is 5. The molecular weight excluding hydrogens is 369 g/mol. The van der Waals surface area contributed by atoms with Crippen molar-refractivity contribution in [3.8, 4) is 0 Å². The van der Waals surface area contributed by atoms with Gasteiger partial charge in [-0.1, -0.05) is 29.8 Å². The Morgan fingerprint density at radius 3 is 2.50 bits per heavy atom. The molecule has 0 radical (unpaired) electrons. The fourth-order valence-electron chi connectivity index (χ4n) is 2.17. The lowest BCUT2D eigenvalue weighted by Gasteiger charge is -2.09. The van der Waals surface area contributed by atoms with Gasteiger partial charge in [0, 0.05) is 16.8 Å². The lowest BCUT2D eigenvalue weighted by Crippen LogP contribution is -2.16. The quantitative estimate of drug-likeness (QED) is 0.766. The number of hydrogen-bond acceptors (Lipinski definition) is 2. The smallest absolute Gasteiger partial charge is 0.369 e. The number of hydrogen-bond donors (Lipinski definition) is 2. The van der Waals surface area contributed by atoms with Crippen molar-refractivity contribution in [3.05, 3.63) is 70.3 Å². The highest BCUT2D eigenvalue weighted by molar-refractivity contribution is 6.32. The summed E-state index contributed by atoms with van der Waals surface area (Å²) in [5, 5.41) is 2.63. The molecule has 0 spiro atoms. The highest BCUT2D eigenvalue weighted by atomic mass is 35.5. The van der Waals surface area contributed by atoms with E-state index in [1.165, 1.54) is 6.08 Å². The summed E-state index contributed by atoms with van der Waals surface area (Å²) >= 11 is 5.87. The van der Waals surface area contributed by atoms with E-state index in [2.05, 4.69) is 5.32 Å². The van der Waals surface area contributed by atoms with Crippen LogP contribution in [0.15, 0.2) is 48.5 Å². The molecule has 2 rings (SSSR count). The molecule has 0 aliphatic carbocycles. The van der Waals surface area contributed by atoms with Crippen molar-refractivity contribution in [1.82, 2.24) is 0 Å². The third kappa shape index (κ3) is 5.35. The van der Waals surface area contributed by atoms with Crippen LogP contribution in [0.3, 0.4) is 0 Å². The predicted octanol–water partition coefficient (Wildman–Crippen LogP) is 4.04.